The van der Waals surface area contributed by atoms with Gasteiger partial charge in [-0.2, -0.15) is 0 Å². The number of aromatic nitrogens is 3. The SMILES string of the molecule is C[C@H](C1CC1)N(C(=O)c1ccnc(-n2ccnc2)c1)C1CC1. The summed E-state index contributed by atoms with van der Waals surface area (Å²) in [6.07, 6.45) is 11.7. The maximum atomic E-state index is 13.0. The van der Waals surface area contributed by atoms with E-state index < -0.39 is 0 Å². The Morgan fingerprint density at radius 3 is 2.77 bits per heavy atom. The van der Waals surface area contributed by atoms with Crippen molar-refractivity contribution in [2.75, 3.05) is 0 Å². The van der Waals surface area contributed by atoms with Gasteiger partial charge in [0.1, 0.15) is 12.1 Å². The van der Waals surface area contributed by atoms with Gasteiger partial charge < -0.3 is 4.90 Å². The van der Waals surface area contributed by atoms with Crippen LogP contribution in [0.4, 0.5) is 0 Å². The van der Waals surface area contributed by atoms with E-state index in [0.717, 1.165) is 24.2 Å². The first-order valence-corrected chi connectivity index (χ1v) is 8.01. The minimum absolute atomic E-state index is 0.144. The molecule has 2 fully saturated rings. The average molecular weight is 296 g/mol. The van der Waals surface area contributed by atoms with Crippen LogP contribution in [0.25, 0.3) is 5.82 Å². The molecule has 0 spiro atoms. The molecule has 2 aromatic rings. The molecular formula is C17H20N4O. The summed E-state index contributed by atoms with van der Waals surface area (Å²) >= 11 is 0. The fourth-order valence-electron chi connectivity index (χ4n) is 3.08. The number of pyridine rings is 1. The lowest BCUT2D eigenvalue weighted by Crippen LogP contribution is -2.41. The lowest BCUT2D eigenvalue weighted by Gasteiger charge is -2.29. The molecule has 0 aliphatic heterocycles. The lowest BCUT2D eigenvalue weighted by molar-refractivity contribution is 0.0654. The van der Waals surface area contributed by atoms with Crippen molar-refractivity contribution in [3.63, 3.8) is 0 Å². The number of nitrogens with zero attached hydrogens (tertiary/aromatic N) is 4. The molecule has 2 aliphatic carbocycles. The molecule has 114 valence electrons. The summed E-state index contributed by atoms with van der Waals surface area (Å²) in [6.45, 7) is 2.20. The van der Waals surface area contributed by atoms with Crippen LogP contribution in [0.5, 0.6) is 0 Å². The summed E-state index contributed by atoms with van der Waals surface area (Å²) in [6, 6.07) is 4.47. The fourth-order valence-corrected chi connectivity index (χ4v) is 3.08. The lowest BCUT2D eigenvalue weighted by atomic mass is 10.1. The molecule has 0 N–H and O–H groups in total. The maximum absolute atomic E-state index is 13.0. The van der Waals surface area contributed by atoms with Crippen LogP contribution in [0.15, 0.2) is 37.1 Å². The molecule has 2 aliphatic rings. The number of hydrogen-bond acceptors (Lipinski definition) is 3. The number of rotatable bonds is 5. The molecule has 22 heavy (non-hydrogen) atoms. The van der Waals surface area contributed by atoms with Crippen LogP contribution in [0, 0.1) is 5.92 Å². The van der Waals surface area contributed by atoms with Gasteiger partial charge >= 0.3 is 0 Å². The van der Waals surface area contributed by atoms with Gasteiger partial charge in [-0.1, -0.05) is 0 Å². The third kappa shape index (κ3) is 2.51. The Balaban J connectivity index is 1.62. The normalized spacial score (nSPS) is 19.0. The summed E-state index contributed by atoms with van der Waals surface area (Å²) in [5.74, 6) is 1.57. The van der Waals surface area contributed by atoms with Gasteiger partial charge in [0.2, 0.25) is 0 Å². The quantitative estimate of drug-likeness (QED) is 0.852. The predicted octanol–water partition coefficient (Wildman–Crippen LogP) is 2.67. The predicted molar refractivity (Wildman–Crippen MR) is 82.7 cm³/mol. The van der Waals surface area contributed by atoms with Crippen molar-refractivity contribution in [3.05, 3.63) is 42.6 Å². The Morgan fingerprint density at radius 1 is 1.32 bits per heavy atom. The Bertz CT molecular complexity index is 674. The monoisotopic (exact) mass is 296 g/mol. The van der Waals surface area contributed by atoms with E-state index in [9.17, 15) is 4.79 Å². The molecular weight excluding hydrogens is 276 g/mol. The van der Waals surface area contributed by atoms with Crippen molar-refractivity contribution in [2.24, 2.45) is 5.92 Å². The van der Waals surface area contributed by atoms with Gasteiger partial charge in [-0.3, -0.25) is 9.36 Å². The molecule has 1 amide bonds. The Labute approximate surface area is 130 Å². The second kappa shape index (κ2) is 5.23. The van der Waals surface area contributed by atoms with Crippen LogP contribution < -0.4 is 0 Å². The molecule has 2 aromatic heterocycles. The van der Waals surface area contributed by atoms with Gasteiger partial charge in [0, 0.05) is 36.2 Å². The third-order valence-electron chi connectivity index (χ3n) is 4.68. The Kier molecular flexibility index (Phi) is 3.21. The van der Waals surface area contributed by atoms with E-state index in [1.807, 2.05) is 22.9 Å². The van der Waals surface area contributed by atoms with Crippen LogP contribution in [-0.2, 0) is 0 Å². The van der Waals surface area contributed by atoms with Crippen LogP contribution >= 0.6 is 0 Å². The van der Waals surface area contributed by atoms with Crippen LogP contribution in [-0.4, -0.2) is 37.4 Å². The first-order valence-electron chi connectivity index (χ1n) is 8.01. The average Bonchev–Trinajstić information content (AvgIpc) is 3.47. The second-order valence-electron chi connectivity index (χ2n) is 6.39. The van der Waals surface area contributed by atoms with Gasteiger partial charge in [-0.15, -0.1) is 0 Å². The highest BCUT2D eigenvalue weighted by atomic mass is 16.2. The molecule has 5 nitrogen and oxygen atoms in total. The Morgan fingerprint density at radius 2 is 2.14 bits per heavy atom. The van der Waals surface area contributed by atoms with Crippen molar-refractivity contribution in [1.82, 2.24) is 19.4 Å². The summed E-state index contributed by atoms with van der Waals surface area (Å²) in [5, 5.41) is 0. The summed E-state index contributed by atoms with van der Waals surface area (Å²) < 4.78 is 1.82. The van der Waals surface area contributed by atoms with Gasteiger partial charge in [0.05, 0.1) is 0 Å². The number of amides is 1. The minimum atomic E-state index is 0.144. The zero-order valence-electron chi connectivity index (χ0n) is 12.7. The summed E-state index contributed by atoms with van der Waals surface area (Å²) in [7, 11) is 0. The molecule has 5 heteroatoms. The van der Waals surface area contributed by atoms with E-state index in [1.165, 1.54) is 12.8 Å². The van der Waals surface area contributed by atoms with E-state index in [4.69, 9.17) is 0 Å². The molecule has 4 rings (SSSR count). The molecule has 2 saturated carbocycles. The first-order chi connectivity index (χ1) is 10.7. The first kappa shape index (κ1) is 13.5. The van der Waals surface area contributed by atoms with E-state index in [-0.39, 0.29) is 5.91 Å². The van der Waals surface area contributed by atoms with Gasteiger partial charge in [0.15, 0.2) is 0 Å². The highest BCUT2D eigenvalue weighted by Crippen LogP contribution is 2.40. The second-order valence-corrected chi connectivity index (χ2v) is 6.39. The third-order valence-corrected chi connectivity index (χ3v) is 4.68. The smallest absolute Gasteiger partial charge is 0.254 e. The zero-order valence-corrected chi connectivity index (χ0v) is 12.7. The minimum Gasteiger partial charge on any atom is -0.333 e. The number of hydrogen-bond donors (Lipinski definition) is 0. The van der Waals surface area contributed by atoms with Crippen molar-refractivity contribution in [3.8, 4) is 5.82 Å². The summed E-state index contributed by atoms with van der Waals surface area (Å²) in [4.78, 5) is 23.5. The van der Waals surface area contributed by atoms with E-state index in [1.54, 1.807) is 18.7 Å². The van der Waals surface area contributed by atoms with Crippen LogP contribution in [0.2, 0.25) is 0 Å². The van der Waals surface area contributed by atoms with E-state index in [2.05, 4.69) is 21.8 Å². The van der Waals surface area contributed by atoms with E-state index in [0.29, 0.717) is 18.0 Å². The van der Waals surface area contributed by atoms with Crippen molar-refractivity contribution >= 4 is 5.91 Å². The molecule has 0 unspecified atom stereocenters. The molecule has 0 aromatic carbocycles. The standard InChI is InChI=1S/C17H20N4O/c1-12(13-2-3-13)21(15-4-5-15)17(22)14-6-7-19-16(10-14)20-9-8-18-11-20/h6-13,15H,2-5H2,1H3/t12-/m1/s1. The highest BCUT2D eigenvalue weighted by molar-refractivity contribution is 5.95. The fraction of sp³-hybridized carbons (Fsp3) is 0.471. The molecule has 0 radical (unpaired) electrons. The number of carbonyl (C=O) groups excluding carboxylic acids is 1. The topological polar surface area (TPSA) is 51.0 Å². The summed E-state index contributed by atoms with van der Waals surface area (Å²) in [5.41, 5.74) is 0.720. The van der Waals surface area contributed by atoms with Gasteiger partial charge in [-0.05, 0) is 50.7 Å². The maximum Gasteiger partial charge on any atom is 0.254 e. The largest absolute Gasteiger partial charge is 0.333 e. The van der Waals surface area contributed by atoms with Gasteiger partial charge in [-0.25, -0.2) is 9.97 Å². The van der Waals surface area contributed by atoms with Crippen LogP contribution in [0.1, 0.15) is 43.0 Å². The van der Waals surface area contributed by atoms with E-state index >= 15 is 0 Å². The number of imidazole rings is 1. The molecule has 2 heterocycles. The zero-order chi connectivity index (χ0) is 15.1. The van der Waals surface area contributed by atoms with Crippen molar-refractivity contribution in [2.45, 2.75) is 44.7 Å². The Hall–Kier alpha value is -2.17. The van der Waals surface area contributed by atoms with Crippen molar-refractivity contribution < 1.29 is 4.79 Å². The highest BCUT2D eigenvalue weighted by Gasteiger charge is 2.41. The number of carbonyl (C=O) groups is 1. The molecule has 1 atom stereocenters. The van der Waals surface area contributed by atoms with Gasteiger partial charge in [0.25, 0.3) is 5.91 Å². The molecule has 0 bridgehead atoms. The molecule has 0 saturated heterocycles. The van der Waals surface area contributed by atoms with Crippen molar-refractivity contribution in [1.29, 1.82) is 0 Å². The van der Waals surface area contributed by atoms with Crippen LogP contribution in [0.3, 0.4) is 0 Å².